The Morgan fingerprint density at radius 2 is 1.73 bits per heavy atom. The topological polar surface area (TPSA) is 121 Å². The number of carboxylic acid groups (broad SMARTS) is 1. The van der Waals surface area contributed by atoms with Crippen LogP contribution in [0, 0.1) is 0 Å². The van der Waals surface area contributed by atoms with Gasteiger partial charge < -0.3 is 5.11 Å². The molecule has 0 saturated heterocycles. The smallest absolute Gasteiger partial charge is 0.321 e. The number of hydrogen-bond donors (Lipinski definition) is 2. The minimum atomic E-state index is -3.83. The first-order valence-corrected chi connectivity index (χ1v) is 10.1. The van der Waals surface area contributed by atoms with Gasteiger partial charge in [-0.05, 0) is 25.0 Å². The van der Waals surface area contributed by atoms with Crippen molar-refractivity contribution in [2.75, 3.05) is 12.3 Å². The van der Waals surface area contributed by atoms with Crippen LogP contribution in [0.2, 0.25) is 0 Å². The molecular formula is C17H22N2O6S. The van der Waals surface area contributed by atoms with Crippen molar-refractivity contribution in [3.63, 3.8) is 0 Å². The zero-order valence-electron chi connectivity index (χ0n) is 14.5. The standard InChI is InChI=1S/C17H22N2O6S/c1-2-3-9-14(17(22)23)18-26(24,25)11-6-10-19-15(20)12-7-4-5-8-13(12)16(19)21/h4-5,7-8,14,18H,2-3,6,9-11H2,1H3,(H,22,23)/t14-/m0/s1. The van der Waals surface area contributed by atoms with Crippen molar-refractivity contribution in [2.45, 2.75) is 38.6 Å². The Kier molecular flexibility index (Phi) is 6.49. The third kappa shape index (κ3) is 4.67. The summed E-state index contributed by atoms with van der Waals surface area (Å²) in [6.07, 6.45) is 1.59. The van der Waals surface area contributed by atoms with Crippen molar-refractivity contribution in [1.29, 1.82) is 0 Å². The summed E-state index contributed by atoms with van der Waals surface area (Å²) in [6, 6.07) is 5.26. The summed E-state index contributed by atoms with van der Waals surface area (Å²) >= 11 is 0. The molecule has 1 aliphatic rings. The number of carbonyl (C=O) groups excluding carboxylic acids is 2. The van der Waals surface area contributed by atoms with Gasteiger partial charge in [0.15, 0.2) is 0 Å². The number of nitrogens with zero attached hydrogens (tertiary/aromatic N) is 1. The highest BCUT2D eigenvalue weighted by atomic mass is 32.2. The van der Waals surface area contributed by atoms with Crippen molar-refractivity contribution in [1.82, 2.24) is 9.62 Å². The number of carbonyl (C=O) groups is 3. The van der Waals surface area contributed by atoms with Crippen LogP contribution in [0.5, 0.6) is 0 Å². The Morgan fingerprint density at radius 3 is 2.23 bits per heavy atom. The van der Waals surface area contributed by atoms with Gasteiger partial charge in [-0.25, -0.2) is 13.1 Å². The molecule has 0 aliphatic carbocycles. The number of sulfonamides is 1. The van der Waals surface area contributed by atoms with Crippen LogP contribution in [0.25, 0.3) is 0 Å². The second-order valence-electron chi connectivity index (χ2n) is 6.13. The molecule has 2 rings (SSSR count). The van der Waals surface area contributed by atoms with E-state index in [1.165, 1.54) is 0 Å². The Bertz CT molecular complexity index is 770. The molecule has 1 heterocycles. The van der Waals surface area contributed by atoms with Gasteiger partial charge in [-0.15, -0.1) is 0 Å². The van der Waals surface area contributed by atoms with E-state index in [1.807, 2.05) is 6.92 Å². The third-order valence-electron chi connectivity index (χ3n) is 4.14. The van der Waals surface area contributed by atoms with Gasteiger partial charge in [0.25, 0.3) is 11.8 Å². The zero-order valence-corrected chi connectivity index (χ0v) is 15.3. The molecule has 1 aromatic rings. The molecule has 142 valence electrons. The van der Waals surface area contributed by atoms with Crippen LogP contribution in [0.15, 0.2) is 24.3 Å². The molecule has 0 saturated carbocycles. The van der Waals surface area contributed by atoms with E-state index in [0.29, 0.717) is 17.5 Å². The van der Waals surface area contributed by atoms with Crippen LogP contribution in [0.3, 0.4) is 0 Å². The lowest BCUT2D eigenvalue weighted by Crippen LogP contribution is -2.42. The fourth-order valence-corrected chi connectivity index (χ4v) is 4.05. The molecule has 2 N–H and O–H groups in total. The predicted molar refractivity (Wildman–Crippen MR) is 94.3 cm³/mol. The second kappa shape index (κ2) is 8.41. The number of carboxylic acids is 1. The highest BCUT2D eigenvalue weighted by Crippen LogP contribution is 2.22. The first-order valence-electron chi connectivity index (χ1n) is 8.45. The Hall–Kier alpha value is -2.26. The molecule has 2 amide bonds. The van der Waals surface area contributed by atoms with E-state index in [1.54, 1.807) is 24.3 Å². The van der Waals surface area contributed by atoms with Crippen molar-refractivity contribution in [3.05, 3.63) is 35.4 Å². The van der Waals surface area contributed by atoms with Gasteiger partial charge in [0, 0.05) is 6.54 Å². The van der Waals surface area contributed by atoms with Crippen LogP contribution >= 0.6 is 0 Å². The third-order valence-corrected chi connectivity index (χ3v) is 5.61. The van der Waals surface area contributed by atoms with Crippen LogP contribution in [-0.4, -0.2) is 54.5 Å². The number of rotatable bonds is 10. The number of hydrogen-bond acceptors (Lipinski definition) is 5. The van der Waals surface area contributed by atoms with Crippen molar-refractivity contribution >= 4 is 27.8 Å². The van der Waals surface area contributed by atoms with Gasteiger partial charge in [-0.3, -0.25) is 19.3 Å². The Morgan fingerprint density at radius 1 is 1.15 bits per heavy atom. The average molecular weight is 382 g/mol. The Labute approximate surface area is 152 Å². The molecule has 1 aliphatic heterocycles. The minimum absolute atomic E-state index is 0.0287. The SMILES string of the molecule is CCCC[C@H](NS(=O)(=O)CCCN1C(=O)c2ccccc2C1=O)C(=O)O. The number of benzene rings is 1. The number of nitrogens with one attached hydrogen (secondary N) is 1. The quantitative estimate of drug-likeness (QED) is 0.587. The van der Waals surface area contributed by atoms with Gasteiger partial charge in [0.1, 0.15) is 6.04 Å². The zero-order chi connectivity index (χ0) is 19.3. The molecule has 1 atom stereocenters. The maximum absolute atomic E-state index is 12.2. The summed E-state index contributed by atoms with van der Waals surface area (Å²) in [5, 5.41) is 9.11. The summed E-state index contributed by atoms with van der Waals surface area (Å²) in [4.78, 5) is 36.6. The summed E-state index contributed by atoms with van der Waals surface area (Å²) in [6.45, 7) is 1.84. The fraction of sp³-hybridized carbons (Fsp3) is 0.471. The molecule has 9 heteroatoms. The summed E-state index contributed by atoms with van der Waals surface area (Å²) in [5.41, 5.74) is 0.618. The second-order valence-corrected chi connectivity index (χ2v) is 8.00. The molecule has 0 bridgehead atoms. The van der Waals surface area contributed by atoms with Gasteiger partial charge >= 0.3 is 5.97 Å². The number of amides is 2. The molecule has 0 fully saturated rings. The Balaban J connectivity index is 1.92. The molecule has 26 heavy (non-hydrogen) atoms. The molecule has 0 spiro atoms. The highest BCUT2D eigenvalue weighted by Gasteiger charge is 2.35. The average Bonchev–Trinajstić information content (AvgIpc) is 2.83. The molecular weight excluding hydrogens is 360 g/mol. The largest absolute Gasteiger partial charge is 0.480 e. The van der Waals surface area contributed by atoms with E-state index in [4.69, 9.17) is 5.11 Å². The minimum Gasteiger partial charge on any atom is -0.480 e. The maximum atomic E-state index is 12.2. The number of aliphatic carboxylic acids is 1. The van der Waals surface area contributed by atoms with Gasteiger partial charge in [0.2, 0.25) is 10.0 Å². The maximum Gasteiger partial charge on any atom is 0.321 e. The van der Waals surface area contributed by atoms with Crippen molar-refractivity contribution in [3.8, 4) is 0 Å². The lowest BCUT2D eigenvalue weighted by atomic mass is 10.1. The van der Waals surface area contributed by atoms with E-state index in [0.717, 1.165) is 11.3 Å². The molecule has 1 aromatic carbocycles. The summed E-state index contributed by atoms with van der Waals surface area (Å²) in [7, 11) is -3.83. The number of fused-ring (bicyclic) bond motifs is 1. The van der Waals surface area contributed by atoms with Crippen LogP contribution in [0.4, 0.5) is 0 Å². The predicted octanol–water partition coefficient (Wildman–Crippen LogP) is 1.24. The molecule has 0 unspecified atom stereocenters. The van der Waals surface area contributed by atoms with Gasteiger partial charge in [-0.2, -0.15) is 0 Å². The molecule has 8 nitrogen and oxygen atoms in total. The summed E-state index contributed by atoms with van der Waals surface area (Å²) < 4.78 is 26.4. The molecule has 0 aromatic heterocycles. The van der Waals surface area contributed by atoms with Crippen LogP contribution < -0.4 is 4.72 Å². The van der Waals surface area contributed by atoms with Crippen LogP contribution in [-0.2, 0) is 14.8 Å². The lowest BCUT2D eigenvalue weighted by molar-refractivity contribution is -0.139. The lowest BCUT2D eigenvalue weighted by Gasteiger charge is -2.16. The monoisotopic (exact) mass is 382 g/mol. The first-order chi connectivity index (χ1) is 12.3. The van der Waals surface area contributed by atoms with E-state index >= 15 is 0 Å². The van der Waals surface area contributed by atoms with Crippen molar-refractivity contribution in [2.24, 2.45) is 0 Å². The van der Waals surface area contributed by atoms with Gasteiger partial charge in [0.05, 0.1) is 16.9 Å². The first kappa shape index (κ1) is 20.1. The van der Waals surface area contributed by atoms with Crippen molar-refractivity contribution < 1.29 is 27.9 Å². The van der Waals surface area contributed by atoms with E-state index in [9.17, 15) is 22.8 Å². The van der Waals surface area contributed by atoms with Gasteiger partial charge in [-0.1, -0.05) is 31.9 Å². The highest BCUT2D eigenvalue weighted by molar-refractivity contribution is 7.89. The summed E-state index contributed by atoms with van der Waals surface area (Å²) in [5.74, 6) is -2.47. The number of imide groups is 1. The molecule has 0 radical (unpaired) electrons. The fourth-order valence-electron chi connectivity index (χ4n) is 2.77. The van der Waals surface area contributed by atoms with E-state index in [-0.39, 0.29) is 25.1 Å². The van der Waals surface area contributed by atoms with E-state index in [2.05, 4.69) is 4.72 Å². The number of unbranched alkanes of at least 4 members (excludes halogenated alkanes) is 1. The van der Waals surface area contributed by atoms with E-state index < -0.39 is 33.8 Å². The van der Waals surface area contributed by atoms with Crippen LogP contribution in [0.1, 0.15) is 53.3 Å². The normalized spacial score (nSPS) is 15.2.